The molecule has 0 bridgehead atoms. The van der Waals surface area contributed by atoms with Gasteiger partial charge in [-0.2, -0.15) is 0 Å². The highest BCUT2D eigenvalue weighted by atomic mass is 16.4. The van der Waals surface area contributed by atoms with E-state index in [1.54, 1.807) is 6.92 Å². The number of carboxylic acids is 1. The summed E-state index contributed by atoms with van der Waals surface area (Å²) in [6.45, 7) is 1.55. The molecule has 5 nitrogen and oxygen atoms in total. The van der Waals surface area contributed by atoms with Crippen LogP contribution in [0.15, 0.2) is 11.3 Å². The Morgan fingerprint density at radius 3 is 2.20 bits per heavy atom. The van der Waals surface area contributed by atoms with Gasteiger partial charge in [0.25, 0.3) is 0 Å². The minimum atomic E-state index is -1.17. The number of carbonyl (C=O) groups excluding carboxylic acids is 2. The first-order valence-corrected chi connectivity index (χ1v) is 4.66. The van der Waals surface area contributed by atoms with Crippen molar-refractivity contribution in [2.45, 2.75) is 26.2 Å². The summed E-state index contributed by atoms with van der Waals surface area (Å²) in [5.41, 5.74) is -0.324. The van der Waals surface area contributed by atoms with E-state index in [1.165, 1.54) is 0 Å². The van der Waals surface area contributed by atoms with Gasteiger partial charge in [-0.1, -0.05) is 6.92 Å². The third kappa shape index (κ3) is 2.23. The van der Waals surface area contributed by atoms with Crippen LogP contribution >= 0.6 is 0 Å². The van der Waals surface area contributed by atoms with E-state index < -0.39 is 29.2 Å². The van der Waals surface area contributed by atoms with Gasteiger partial charge in [-0.05, 0) is 6.42 Å². The zero-order valence-corrected chi connectivity index (χ0v) is 8.28. The zero-order valence-electron chi connectivity index (χ0n) is 8.28. The Labute approximate surface area is 86.4 Å². The second kappa shape index (κ2) is 4.25. The topological polar surface area (TPSA) is 94.5 Å². The Balaban J connectivity index is 2.97. The smallest absolute Gasteiger partial charge is 0.307 e. The van der Waals surface area contributed by atoms with Crippen molar-refractivity contribution in [1.82, 2.24) is 0 Å². The van der Waals surface area contributed by atoms with Gasteiger partial charge in [-0.25, -0.2) is 0 Å². The highest BCUT2D eigenvalue weighted by Gasteiger charge is 2.34. The molecule has 1 rings (SSSR count). The molecule has 1 N–H and O–H groups in total. The molecule has 1 aliphatic rings. The number of aliphatic carboxylic acids is 1. The van der Waals surface area contributed by atoms with Gasteiger partial charge in [0.15, 0.2) is 11.6 Å². The van der Waals surface area contributed by atoms with Gasteiger partial charge in [-0.3, -0.25) is 14.4 Å². The first kappa shape index (κ1) is 11.4. The predicted molar refractivity (Wildman–Crippen MR) is 47.7 cm³/mol. The summed E-state index contributed by atoms with van der Waals surface area (Å²) in [6.07, 6.45) is -0.408. The molecule has 0 radical (unpaired) electrons. The Hall–Kier alpha value is -1.65. The van der Waals surface area contributed by atoms with E-state index in [9.17, 15) is 19.5 Å². The fourth-order valence-corrected chi connectivity index (χ4v) is 1.54. The predicted octanol–water partition coefficient (Wildman–Crippen LogP) is -0.356. The molecule has 0 unspecified atom stereocenters. The van der Waals surface area contributed by atoms with Crippen LogP contribution in [0, 0.1) is 5.92 Å². The fourth-order valence-electron chi connectivity index (χ4n) is 1.54. The van der Waals surface area contributed by atoms with Crippen LogP contribution in [0.25, 0.3) is 0 Å². The molecular formula is C10H11O5-. The molecule has 82 valence electrons. The van der Waals surface area contributed by atoms with Gasteiger partial charge in [-0.15, -0.1) is 5.76 Å². The lowest BCUT2D eigenvalue weighted by atomic mass is 9.83. The molecule has 0 aromatic heterocycles. The van der Waals surface area contributed by atoms with E-state index in [4.69, 9.17) is 5.11 Å². The molecule has 15 heavy (non-hydrogen) atoms. The Kier molecular flexibility index (Phi) is 3.24. The van der Waals surface area contributed by atoms with Crippen LogP contribution in [0.4, 0.5) is 0 Å². The lowest BCUT2D eigenvalue weighted by molar-refractivity contribution is -0.307. The van der Waals surface area contributed by atoms with Crippen molar-refractivity contribution in [3.63, 3.8) is 0 Å². The molecule has 0 amide bonds. The summed E-state index contributed by atoms with van der Waals surface area (Å²) >= 11 is 0. The molecule has 0 saturated heterocycles. The van der Waals surface area contributed by atoms with Crippen molar-refractivity contribution in [2.24, 2.45) is 5.92 Å². The van der Waals surface area contributed by atoms with Crippen LogP contribution < -0.4 is 5.11 Å². The summed E-state index contributed by atoms with van der Waals surface area (Å²) in [7, 11) is 0. The van der Waals surface area contributed by atoms with Gasteiger partial charge >= 0.3 is 5.97 Å². The first-order chi connectivity index (χ1) is 6.97. The number of carbonyl (C=O) groups is 3. The summed E-state index contributed by atoms with van der Waals surface area (Å²) in [6, 6.07) is 0. The van der Waals surface area contributed by atoms with E-state index in [1.807, 2.05) is 0 Å². The summed E-state index contributed by atoms with van der Waals surface area (Å²) in [4.78, 5) is 33.3. The maximum absolute atomic E-state index is 11.4. The third-order valence-corrected chi connectivity index (χ3v) is 2.37. The van der Waals surface area contributed by atoms with Gasteiger partial charge < -0.3 is 10.2 Å². The fraction of sp³-hybridized carbons (Fsp3) is 0.500. The molecule has 1 fully saturated rings. The highest BCUT2D eigenvalue weighted by molar-refractivity contribution is 6.23. The second-order valence-corrected chi connectivity index (χ2v) is 3.44. The van der Waals surface area contributed by atoms with Gasteiger partial charge in [0.1, 0.15) is 0 Å². The maximum Gasteiger partial charge on any atom is 0.307 e. The largest absolute Gasteiger partial charge is 0.875 e. The molecule has 5 heteroatoms. The van der Waals surface area contributed by atoms with Crippen molar-refractivity contribution < 1.29 is 24.6 Å². The third-order valence-electron chi connectivity index (χ3n) is 2.37. The Morgan fingerprint density at radius 2 is 1.87 bits per heavy atom. The van der Waals surface area contributed by atoms with E-state index >= 15 is 0 Å². The zero-order chi connectivity index (χ0) is 11.6. The van der Waals surface area contributed by atoms with Crippen molar-refractivity contribution in [1.29, 1.82) is 0 Å². The van der Waals surface area contributed by atoms with Gasteiger partial charge in [0.05, 0.1) is 5.92 Å². The quantitative estimate of drug-likeness (QED) is 0.382. The normalized spacial score (nSPS) is 21.7. The number of Topliss-reactive ketones (excluding diaryl/α,β-unsaturated/α-hetero) is 2. The van der Waals surface area contributed by atoms with Crippen LogP contribution in [-0.2, 0) is 14.4 Å². The average molecular weight is 211 g/mol. The van der Waals surface area contributed by atoms with Gasteiger partial charge in [0.2, 0.25) is 0 Å². The van der Waals surface area contributed by atoms with E-state index in [0.717, 1.165) is 0 Å². The molecule has 1 aliphatic carbocycles. The number of allylic oxidation sites excluding steroid dienone is 2. The molecule has 0 heterocycles. The summed E-state index contributed by atoms with van der Waals surface area (Å²) in [5, 5.41) is 19.9. The molecule has 0 spiro atoms. The molecular weight excluding hydrogens is 200 g/mol. The van der Waals surface area contributed by atoms with Crippen LogP contribution in [-0.4, -0.2) is 22.6 Å². The van der Waals surface area contributed by atoms with Crippen molar-refractivity contribution >= 4 is 17.5 Å². The number of rotatable bonds is 2. The average Bonchev–Trinajstić information content (AvgIpc) is 2.16. The Bertz CT molecular complexity index is 333. The van der Waals surface area contributed by atoms with Crippen LogP contribution in [0.1, 0.15) is 26.2 Å². The van der Waals surface area contributed by atoms with Crippen molar-refractivity contribution in [3.8, 4) is 0 Å². The van der Waals surface area contributed by atoms with Crippen molar-refractivity contribution in [3.05, 3.63) is 11.3 Å². The lowest BCUT2D eigenvalue weighted by Crippen LogP contribution is -2.32. The number of ketones is 2. The van der Waals surface area contributed by atoms with Crippen LogP contribution in [0.2, 0.25) is 0 Å². The van der Waals surface area contributed by atoms with E-state index in [-0.39, 0.29) is 24.8 Å². The Morgan fingerprint density at radius 1 is 1.40 bits per heavy atom. The maximum atomic E-state index is 11.4. The van der Waals surface area contributed by atoms with Crippen LogP contribution in [0.5, 0.6) is 0 Å². The standard InChI is InChI=1S/C10H12O5/c1-2-6(11)9-7(12)3-5(10(14)15)4-8(9)13/h5,11H,2-4H2,1H3,(H,14,15)/p-1. The number of hydrogen-bond acceptors (Lipinski definition) is 4. The lowest BCUT2D eigenvalue weighted by Gasteiger charge is -2.23. The molecule has 0 aliphatic heterocycles. The first-order valence-electron chi connectivity index (χ1n) is 4.66. The second-order valence-electron chi connectivity index (χ2n) is 3.44. The number of carboxylic acid groups (broad SMARTS) is 1. The minimum absolute atomic E-state index is 0.0878. The monoisotopic (exact) mass is 211 g/mol. The van der Waals surface area contributed by atoms with Crippen molar-refractivity contribution in [2.75, 3.05) is 0 Å². The summed E-state index contributed by atoms with van der Waals surface area (Å²) < 4.78 is 0. The van der Waals surface area contributed by atoms with Gasteiger partial charge in [0, 0.05) is 18.4 Å². The van der Waals surface area contributed by atoms with Crippen LogP contribution in [0.3, 0.4) is 0 Å². The highest BCUT2D eigenvalue weighted by Crippen LogP contribution is 2.24. The minimum Gasteiger partial charge on any atom is -0.875 e. The molecule has 0 aromatic rings. The SMILES string of the molecule is CCC([O-])=C1C(=O)CC(C(=O)O)CC1=O. The molecule has 0 aromatic carbocycles. The van der Waals surface area contributed by atoms with E-state index in [0.29, 0.717) is 0 Å². The van der Waals surface area contributed by atoms with E-state index in [2.05, 4.69) is 0 Å². The molecule has 1 saturated carbocycles. The summed E-state index contributed by atoms with van der Waals surface area (Å²) in [5.74, 6) is -3.90. The number of hydrogen-bond donors (Lipinski definition) is 1. The molecule has 0 atom stereocenters.